The molecule has 1 unspecified atom stereocenters. The van der Waals surface area contributed by atoms with Crippen molar-refractivity contribution in [3.63, 3.8) is 0 Å². The normalized spacial score (nSPS) is 13.7. The SMILES string of the molecule is CCOc1ccc(C(N(C)C)C(C)(C)NC)cc1. The maximum Gasteiger partial charge on any atom is 0.119 e. The monoisotopic (exact) mass is 250 g/mol. The van der Waals surface area contributed by atoms with E-state index in [0.717, 1.165) is 5.75 Å². The zero-order valence-corrected chi connectivity index (χ0v) is 12.4. The van der Waals surface area contributed by atoms with Crippen LogP contribution in [0.2, 0.25) is 0 Å². The van der Waals surface area contributed by atoms with Crippen molar-refractivity contribution >= 4 is 0 Å². The molecular formula is C15H26N2O. The molecule has 1 aromatic carbocycles. The molecule has 0 aliphatic heterocycles. The zero-order chi connectivity index (χ0) is 13.8. The third-order valence-corrected chi connectivity index (χ3v) is 3.35. The van der Waals surface area contributed by atoms with Gasteiger partial charge in [0, 0.05) is 5.54 Å². The highest BCUT2D eigenvalue weighted by Crippen LogP contribution is 2.30. The number of nitrogens with one attached hydrogen (secondary N) is 1. The van der Waals surface area contributed by atoms with Crippen LogP contribution in [-0.2, 0) is 0 Å². The Balaban J connectivity index is 3.00. The van der Waals surface area contributed by atoms with Crippen molar-refractivity contribution in [3.05, 3.63) is 29.8 Å². The van der Waals surface area contributed by atoms with E-state index in [1.165, 1.54) is 5.56 Å². The Morgan fingerprint density at radius 1 is 1.22 bits per heavy atom. The average Bonchev–Trinajstić information content (AvgIpc) is 2.31. The third kappa shape index (κ3) is 3.47. The van der Waals surface area contributed by atoms with E-state index in [4.69, 9.17) is 4.74 Å². The van der Waals surface area contributed by atoms with E-state index in [-0.39, 0.29) is 5.54 Å². The second-order valence-corrected chi connectivity index (χ2v) is 5.34. The molecular weight excluding hydrogens is 224 g/mol. The zero-order valence-electron chi connectivity index (χ0n) is 12.4. The quantitative estimate of drug-likeness (QED) is 0.840. The number of rotatable bonds is 6. The molecule has 0 saturated heterocycles. The lowest BCUT2D eigenvalue weighted by Crippen LogP contribution is -2.48. The second kappa shape index (κ2) is 6.21. The summed E-state index contributed by atoms with van der Waals surface area (Å²) in [5.41, 5.74) is 1.30. The Morgan fingerprint density at radius 2 is 1.78 bits per heavy atom. The summed E-state index contributed by atoms with van der Waals surface area (Å²) < 4.78 is 5.48. The van der Waals surface area contributed by atoms with E-state index in [9.17, 15) is 0 Å². The van der Waals surface area contributed by atoms with Gasteiger partial charge in [-0.05, 0) is 59.6 Å². The van der Waals surface area contributed by atoms with Crippen LogP contribution >= 0.6 is 0 Å². The van der Waals surface area contributed by atoms with Gasteiger partial charge in [0.2, 0.25) is 0 Å². The molecule has 0 bridgehead atoms. The minimum Gasteiger partial charge on any atom is -0.494 e. The van der Waals surface area contributed by atoms with Crippen molar-refractivity contribution in [2.24, 2.45) is 0 Å². The Bertz CT molecular complexity index is 357. The van der Waals surface area contributed by atoms with Gasteiger partial charge in [-0.15, -0.1) is 0 Å². The Labute approximate surface area is 111 Å². The van der Waals surface area contributed by atoms with Crippen LogP contribution in [0.3, 0.4) is 0 Å². The standard InChI is InChI=1S/C15H26N2O/c1-7-18-13-10-8-12(9-11-13)14(17(5)6)15(2,3)16-4/h8-11,14,16H,7H2,1-6H3. The van der Waals surface area contributed by atoms with E-state index in [0.29, 0.717) is 12.6 Å². The summed E-state index contributed by atoms with van der Waals surface area (Å²) in [6.45, 7) is 7.14. The minimum absolute atomic E-state index is 0.0105. The highest BCUT2D eigenvalue weighted by Gasteiger charge is 2.30. The van der Waals surface area contributed by atoms with Crippen molar-refractivity contribution in [2.75, 3.05) is 27.7 Å². The Hall–Kier alpha value is -1.06. The largest absolute Gasteiger partial charge is 0.494 e. The van der Waals surface area contributed by atoms with Crippen LogP contribution < -0.4 is 10.1 Å². The van der Waals surface area contributed by atoms with Crippen LogP contribution in [0.15, 0.2) is 24.3 Å². The lowest BCUT2D eigenvalue weighted by Gasteiger charge is -2.39. The van der Waals surface area contributed by atoms with E-state index >= 15 is 0 Å². The molecule has 1 rings (SSSR count). The van der Waals surface area contributed by atoms with Crippen LogP contribution in [-0.4, -0.2) is 38.2 Å². The molecule has 0 heterocycles. The molecule has 0 aliphatic rings. The fourth-order valence-electron chi connectivity index (χ4n) is 2.41. The number of benzene rings is 1. The molecule has 18 heavy (non-hydrogen) atoms. The van der Waals surface area contributed by atoms with Crippen molar-refractivity contribution in [1.82, 2.24) is 10.2 Å². The summed E-state index contributed by atoms with van der Waals surface area (Å²) in [5.74, 6) is 0.931. The molecule has 0 radical (unpaired) electrons. The maximum atomic E-state index is 5.48. The van der Waals surface area contributed by atoms with Gasteiger partial charge in [-0.1, -0.05) is 12.1 Å². The van der Waals surface area contributed by atoms with Gasteiger partial charge in [0.05, 0.1) is 12.6 Å². The lowest BCUT2D eigenvalue weighted by atomic mass is 9.88. The summed E-state index contributed by atoms with van der Waals surface area (Å²) in [5, 5.41) is 3.39. The van der Waals surface area contributed by atoms with Gasteiger partial charge in [-0.25, -0.2) is 0 Å². The maximum absolute atomic E-state index is 5.48. The Kier molecular flexibility index (Phi) is 5.17. The van der Waals surface area contributed by atoms with Crippen molar-refractivity contribution in [2.45, 2.75) is 32.4 Å². The van der Waals surface area contributed by atoms with Gasteiger partial charge in [0.15, 0.2) is 0 Å². The van der Waals surface area contributed by atoms with Gasteiger partial charge in [0.25, 0.3) is 0 Å². The van der Waals surface area contributed by atoms with E-state index < -0.39 is 0 Å². The minimum atomic E-state index is 0.0105. The summed E-state index contributed by atoms with van der Waals surface area (Å²) in [4.78, 5) is 2.24. The molecule has 0 saturated carbocycles. The summed E-state index contributed by atoms with van der Waals surface area (Å²) in [7, 11) is 6.23. The van der Waals surface area contributed by atoms with Gasteiger partial charge in [-0.2, -0.15) is 0 Å². The van der Waals surface area contributed by atoms with E-state index in [2.05, 4.69) is 50.3 Å². The average molecular weight is 250 g/mol. The van der Waals surface area contributed by atoms with Gasteiger partial charge in [0.1, 0.15) is 5.75 Å². The van der Waals surface area contributed by atoms with Crippen LogP contribution in [0.5, 0.6) is 5.75 Å². The first-order chi connectivity index (χ1) is 8.42. The fourth-order valence-corrected chi connectivity index (χ4v) is 2.41. The molecule has 102 valence electrons. The van der Waals surface area contributed by atoms with Gasteiger partial charge >= 0.3 is 0 Å². The molecule has 3 nitrogen and oxygen atoms in total. The predicted octanol–water partition coefficient (Wildman–Crippen LogP) is 2.69. The molecule has 3 heteroatoms. The van der Waals surface area contributed by atoms with E-state index in [1.807, 2.05) is 26.1 Å². The lowest BCUT2D eigenvalue weighted by molar-refractivity contribution is 0.177. The van der Waals surface area contributed by atoms with Crippen molar-refractivity contribution < 1.29 is 4.74 Å². The summed E-state index contributed by atoms with van der Waals surface area (Å²) >= 11 is 0. The molecule has 1 atom stereocenters. The van der Waals surface area contributed by atoms with Crippen LogP contribution in [0.4, 0.5) is 0 Å². The van der Waals surface area contributed by atoms with Crippen molar-refractivity contribution in [1.29, 1.82) is 0 Å². The molecule has 0 aromatic heterocycles. The first-order valence-corrected chi connectivity index (χ1v) is 6.50. The molecule has 0 fully saturated rings. The van der Waals surface area contributed by atoms with Gasteiger partial charge < -0.3 is 15.0 Å². The van der Waals surface area contributed by atoms with Crippen LogP contribution in [0.25, 0.3) is 0 Å². The Morgan fingerprint density at radius 3 is 2.17 bits per heavy atom. The number of hydrogen-bond acceptors (Lipinski definition) is 3. The number of likely N-dealkylation sites (N-methyl/N-ethyl adjacent to an activating group) is 2. The second-order valence-electron chi connectivity index (χ2n) is 5.34. The molecule has 0 aliphatic carbocycles. The number of ether oxygens (including phenoxy) is 1. The number of hydrogen-bond donors (Lipinski definition) is 1. The topological polar surface area (TPSA) is 24.5 Å². The van der Waals surface area contributed by atoms with Crippen LogP contribution in [0.1, 0.15) is 32.4 Å². The summed E-state index contributed by atoms with van der Waals surface area (Å²) in [6.07, 6.45) is 0. The smallest absolute Gasteiger partial charge is 0.119 e. The first kappa shape index (κ1) is 15.0. The fraction of sp³-hybridized carbons (Fsp3) is 0.600. The van der Waals surface area contributed by atoms with Crippen LogP contribution in [0, 0.1) is 0 Å². The molecule has 0 spiro atoms. The van der Waals surface area contributed by atoms with E-state index in [1.54, 1.807) is 0 Å². The molecule has 1 aromatic rings. The molecule has 1 N–H and O–H groups in total. The highest BCUT2D eigenvalue weighted by molar-refractivity contribution is 5.30. The highest BCUT2D eigenvalue weighted by atomic mass is 16.5. The third-order valence-electron chi connectivity index (χ3n) is 3.35. The number of nitrogens with zero attached hydrogens (tertiary/aromatic N) is 1. The first-order valence-electron chi connectivity index (χ1n) is 6.50. The van der Waals surface area contributed by atoms with Crippen molar-refractivity contribution in [3.8, 4) is 5.75 Å². The van der Waals surface area contributed by atoms with Gasteiger partial charge in [-0.3, -0.25) is 0 Å². The summed E-state index contributed by atoms with van der Waals surface area (Å²) in [6, 6.07) is 8.70. The molecule has 0 amide bonds. The predicted molar refractivity (Wildman–Crippen MR) is 77.2 cm³/mol.